The molecule has 1 atom stereocenters. The first kappa shape index (κ1) is 17.0. The van der Waals surface area contributed by atoms with E-state index in [9.17, 15) is 9.59 Å². The molecule has 0 saturated carbocycles. The summed E-state index contributed by atoms with van der Waals surface area (Å²) in [5.41, 5.74) is 1.99. The molecule has 6 heteroatoms. The monoisotopic (exact) mass is 340 g/mol. The molecule has 0 aliphatic carbocycles. The van der Waals surface area contributed by atoms with Gasteiger partial charge >= 0.3 is 5.97 Å². The number of rotatable bonds is 6. The molecule has 1 fully saturated rings. The lowest BCUT2D eigenvalue weighted by atomic mass is 10.1. The molecular formula is C19H20N2O4. The zero-order valence-corrected chi connectivity index (χ0v) is 13.9. The van der Waals surface area contributed by atoms with Crippen LogP contribution >= 0.6 is 0 Å². The molecule has 1 aliphatic rings. The zero-order valence-electron chi connectivity index (χ0n) is 13.9. The highest BCUT2D eigenvalue weighted by atomic mass is 16.5. The summed E-state index contributed by atoms with van der Waals surface area (Å²) in [5, 5.41) is 12.0. The van der Waals surface area contributed by atoms with Crippen molar-refractivity contribution in [3.63, 3.8) is 0 Å². The highest BCUT2D eigenvalue weighted by molar-refractivity contribution is 5.87. The van der Waals surface area contributed by atoms with E-state index in [2.05, 4.69) is 10.2 Å². The van der Waals surface area contributed by atoms with Gasteiger partial charge in [0.05, 0.1) is 12.1 Å². The van der Waals surface area contributed by atoms with Gasteiger partial charge in [0.2, 0.25) is 5.91 Å². The maximum atomic E-state index is 11.6. The summed E-state index contributed by atoms with van der Waals surface area (Å²) >= 11 is 0. The predicted octanol–water partition coefficient (Wildman–Crippen LogP) is 2.41. The van der Waals surface area contributed by atoms with Crippen LogP contribution in [0.25, 0.3) is 0 Å². The van der Waals surface area contributed by atoms with E-state index in [1.54, 1.807) is 18.2 Å². The van der Waals surface area contributed by atoms with Gasteiger partial charge < -0.3 is 15.2 Å². The lowest BCUT2D eigenvalue weighted by molar-refractivity contribution is -0.118. The molecule has 1 amide bonds. The van der Waals surface area contributed by atoms with Crippen molar-refractivity contribution in [2.45, 2.75) is 19.7 Å². The number of ether oxygens (including phenoxy) is 1. The van der Waals surface area contributed by atoms with Gasteiger partial charge in [-0.05, 0) is 41.9 Å². The molecule has 3 rings (SSSR count). The van der Waals surface area contributed by atoms with E-state index >= 15 is 0 Å². The van der Waals surface area contributed by atoms with E-state index in [0.717, 1.165) is 17.7 Å². The third kappa shape index (κ3) is 3.97. The predicted molar refractivity (Wildman–Crippen MR) is 92.3 cm³/mol. The van der Waals surface area contributed by atoms with E-state index in [-0.39, 0.29) is 24.2 Å². The van der Waals surface area contributed by atoms with Crippen molar-refractivity contribution in [2.24, 2.45) is 0 Å². The second kappa shape index (κ2) is 7.36. The maximum absolute atomic E-state index is 11.6. The minimum Gasteiger partial charge on any atom is -0.489 e. The molecule has 2 N–H and O–H groups in total. The van der Waals surface area contributed by atoms with Crippen LogP contribution in [0.1, 0.15) is 34.6 Å². The highest BCUT2D eigenvalue weighted by Gasteiger charge is 2.29. The van der Waals surface area contributed by atoms with Crippen LogP contribution in [0.4, 0.5) is 0 Å². The number of amides is 1. The number of hydrogen-bond donors (Lipinski definition) is 2. The number of carbonyl (C=O) groups excluding carboxylic acids is 1. The van der Waals surface area contributed by atoms with E-state index < -0.39 is 5.97 Å². The van der Waals surface area contributed by atoms with Crippen LogP contribution in [0.5, 0.6) is 5.75 Å². The summed E-state index contributed by atoms with van der Waals surface area (Å²) < 4.78 is 5.80. The molecule has 25 heavy (non-hydrogen) atoms. The van der Waals surface area contributed by atoms with Crippen LogP contribution in [-0.2, 0) is 11.4 Å². The van der Waals surface area contributed by atoms with E-state index in [1.165, 1.54) is 0 Å². The molecule has 1 aliphatic heterocycles. The lowest BCUT2D eigenvalue weighted by Crippen LogP contribution is -2.27. The fourth-order valence-electron chi connectivity index (χ4n) is 2.89. The van der Waals surface area contributed by atoms with Gasteiger partial charge in [-0.1, -0.05) is 31.2 Å². The number of carbonyl (C=O) groups is 2. The second-order valence-corrected chi connectivity index (χ2v) is 5.90. The number of nitrogens with zero attached hydrogens (tertiary/aromatic N) is 1. The second-order valence-electron chi connectivity index (χ2n) is 5.90. The fourth-order valence-corrected chi connectivity index (χ4v) is 2.89. The minimum absolute atomic E-state index is 0.0173. The van der Waals surface area contributed by atoms with E-state index in [4.69, 9.17) is 9.84 Å². The molecule has 0 spiro atoms. The molecule has 2 aromatic rings. The Balaban J connectivity index is 1.71. The van der Waals surface area contributed by atoms with Crippen molar-refractivity contribution in [1.29, 1.82) is 0 Å². The van der Waals surface area contributed by atoms with Crippen LogP contribution in [-0.4, -0.2) is 35.0 Å². The third-order valence-corrected chi connectivity index (χ3v) is 4.17. The average Bonchev–Trinajstić information content (AvgIpc) is 3.01. The Bertz CT molecular complexity index is 790. The Kier molecular flexibility index (Phi) is 5.00. The standard InChI is InChI=1S/C19H20N2O4/c1-2-21-11-17(22)20-18(21)14-6-4-8-16(10-14)25-12-13-5-3-7-15(9-13)19(23)24/h3-10,18H,2,11-12H2,1H3,(H,20,22)(H,23,24). The molecular weight excluding hydrogens is 320 g/mol. The third-order valence-electron chi connectivity index (χ3n) is 4.17. The van der Waals surface area contributed by atoms with Crippen LogP contribution in [0.3, 0.4) is 0 Å². The van der Waals surface area contributed by atoms with Crippen molar-refractivity contribution in [3.05, 3.63) is 65.2 Å². The molecule has 1 heterocycles. The van der Waals surface area contributed by atoms with Crippen molar-refractivity contribution >= 4 is 11.9 Å². The van der Waals surface area contributed by atoms with Gasteiger partial charge in [-0.25, -0.2) is 4.79 Å². The van der Waals surface area contributed by atoms with Gasteiger partial charge in [-0.2, -0.15) is 0 Å². The normalized spacial score (nSPS) is 17.3. The molecule has 0 bridgehead atoms. The first-order valence-corrected chi connectivity index (χ1v) is 8.15. The summed E-state index contributed by atoms with van der Waals surface area (Å²) in [6.45, 7) is 3.47. The summed E-state index contributed by atoms with van der Waals surface area (Å²) in [7, 11) is 0. The van der Waals surface area contributed by atoms with Crippen LogP contribution in [0.15, 0.2) is 48.5 Å². The summed E-state index contributed by atoms with van der Waals surface area (Å²) in [6.07, 6.45) is -0.142. The molecule has 0 aromatic heterocycles. The van der Waals surface area contributed by atoms with Gasteiger partial charge in [-0.15, -0.1) is 0 Å². The first-order chi connectivity index (χ1) is 12.1. The lowest BCUT2D eigenvalue weighted by Gasteiger charge is -2.22. The molecule has 0 radical (unpaired) electrons. The van der Waals surface area contributed by atoms with Crippen LogP contribution in [0, 0.1) is 0 Å². The number of nitrogens with one attached hydrogen (secondary N) is 1. The molecule has 1 saturated heterocycles. The van der Waals surface area contributed by atoms with Crippen LogP contribution < -0.4 is 10.1 Å². The van der Waals surface area contributed by atoms with Gasteiger partial charge in [-0.3, -0.25) is 9.69 Å². The summed E-state index contributed by atoms with van der Waals surface area (Å²) in [6, 6.07) is 14.3. The number of hydrogen-bond acceptors (Lipinski definition) is 4. The van der Waals surface area contributed by atoms with E-state index in [1.807, 2.05) is 37.3 Å². The van der Waals surface area contributed by atoms with Gasteiger partial charge in [0.15, 0.2) is 0 Å². The van der Waals surface area contributed by atoms with Crippen LogP contribution in [0.2, 0.25) is 0 Å². The molecule has 1 unspecified atom stereocenters. The Morgan fingerprint density at radius 2 is 2.08 bits per heavy atom. The van der Waals surface area contributed by atoms with Crippen molar-refractivity contribution in [1.82, 2.24) is 10.2 Å². The fraction of sp³-hybridized carbons (Fsp3) is 0.263. The van der Waals surface area contributed by atoms with Crippen molar-refractivity contribution in [3.8, 4) is 5.75 Å². The minimum atomic E-state index is -0.958. The number of benzene rings is 2. The summed E-state index contributed by atoms with van der Waals surface area (Å²) in [5.74, 6) is -0.264. The van der Waals surface area contributed by atoms with Crippen molar-refractivity contribution < 1.29 is 19.4 Å². The highest BCUT2D eigenvalue weighted by Crippen LogP contribution is 2.25. The topological polar surface area (TPSA) is 78.9 Å². The zero-order chi connectivity index (χ0) is 17.8. The number of carboxylic acids is 1. The molecule has 130 valence electrons. The van der Waals surface area contributed by atoms with Crippen molar-refractivity contribution in [2.75, 3.05) is 13.1 Å². The average molecular weight is 340 g/mol. The quantitative estimate of drug-likeness (QED) is 0.844. The van der Waals surface area contributed by atoms with Gasteiger partial charge in [0.25, 0.3) is 0 Å². The number of likely N-dealkylation sites (N-methyl/N-ethyl adjacent to an activating group) is 1. The first-order valence-electron chi connectivity index (χ1n) is 8.15. The van der Waals surface area contributed by atoms with Gasteiger partial charge in [0, 0.05) is 0 Å². The smallest absolute Gasteiger partial charge is 0.335 e. The number of carboxylic acid groups (broad SMARTS) is 1. The molecule has 6 nitrogen and oxygen atoms in total. The number of aromatic carboxylic acids is 1. The Morgan fingerprint density at radius 3 is 2.84 bits per heavy atom. The Labute approximate surface area is 146 Å². The van der Waals surface area contributed by atoms with E-state index in [0.29, 0.717) is 12.3 Å². The Hall–Kier alpha value is -2.86. The Morgan fingerprint density at radius 1 is 1.28 bits per heavy atom. The maximum Gasteiger partial charge on any atom is 0.335 e. The van der Waals surface area contributed by atoms with Gasteiger partial charge in [0.1, 0.15) is 18.5 Å². The SMILES string of the molecule is CCN1CC(=O)NC1c1cccc(OCc2cccc(C(=O)O)c2)c1. The molecule has 2 aromatic carbocycles. The summed E-state index contributed by atoms with van der Waals surface area (Å²) in [4.78, 5) is 24.7. The largest absolute Gasteiger partial charge is 0.489 e.